The molecule has 3 nitrogen and oxygen atoms in total. The van der Waals surface area contributed by atoms with E-state index in [0.717, 1.165) is 28.9 Å². The number of aromatic nitrogens is 1. The van der Waals surface area contributed by atoms with Crippen molar-refractivity contribution >= 4 is 34.6 Å². The number of aryl methyl sites for hydroxylation is 1. The van der Waals surface area contributed by atoms with E-state index in [4.69, 9.17) is 23.8 Å². The topological polar surface area (TPSA) is 20.2 Å². The highest BCUT2D eigenvalue weighted by atomic mass is 35.5. The van der Waals surface area contributed by atoms with Crippen molar-refractivity contribution in [2.24, 2.45) is 0 Å². The monoisotopic (exact) mass is 381 g/mol. The molecule has 0 unspecified atom stereocenters. The minimum atomic E-state index is 0.0702. The largest absolute Gasteiger partial charge is 0.348 e. The normalized spacial score (nSPS) is 16.2. The SMILES string of the molecule is Cc1cccc(NC(=S)N2CCn3cccc3[C@@H]2c2ccc(Cl)cc2)c1. The first-order valence-electron chi connectivity index (χ1n) is 8.66. The Bertz CT molecular complexity index is 932. The molecular weight excluding hydrogens is 362 g/mol. The number of hydrogen-bond donors (Lipinski definition) is 1. The summed E-state index contributed by atoms with van der Waals surface area (Å²) < 4.78 is 2.30. The molecule has 2 heterocycles. The first-order valence-corrected chi connectivity index (χ1v) is 9.45. The van der Waals surface area contributed by atoms with Crippen LogP contribution in [0.1, 0.15) is 22.9 Å². The number of hydrogen-bond acceptors (Lipinski definition) is 1. The molecule has 0 amide bonds. The van der Waals surface area contributed by atoms with Crippen LogP contribution in [0, 0.1) is 6.92 Å². The second-order valence-electron chi connectivity index (χ2n) is 6.57. The number of benzene rings is 2. The molecule has 0 aliphatic carbocycles. The molecule has 0 saturated heterocycles. The molecule has 132 valence electrons. The van der Waals surface area contributed by atoms with Crippen LogP contribution in [0.3, 0.4) is 0 Å². The summed E-state index contributed by atoms with van der Waals surface area (Å²) in [5.74, 6) is 0. The number of thiocarbonyl (C=S) groups is 1. The highest BCUT2D eigenvalue weighted by molar-refractivity contribution is 7.80. The third-order valence-electron chi connectivity index (χ3n) is 4.75. The lowest BCUT2D eigenvalue weighted by molar-refractivity contribution is 0.293. The summed E-state index contributed by atoms with van der Waals surface area (Å²) in [7, 11) is 0. The third-order valence-corrected chi connectivity index (χ3v) is 5.34. The van der Waals surface area contributed by atoms with Crippen LogP contribution in [-0.4, -0.2) is 21.1 Å². The summed E-state index contributed by atoms with van der Waals surface area (Å²) in [6.07, 6.45) is 2.13. The lowest BCUT2D eigenvalue weighted by Gasteiger charge is -2.39. The van der Waals surface area contributed by atoms with Gasteiger partial charge in [0.2, 0.25) is 0 Å². The smallest absolute Gasteiger partial charge is 0.174 e. The standard InChI is InChI=1S/C21H20ClN3S/c1-15-4-2-5-18(14-15)23-21(26)25-13-12-24-11-3-6-19(24)20(25)16-7-9-17(22)10-8-16/h2-11,14,20H,12-13H2,1H3,(H,23,26)/t20-/m0/s1. The predicted molar refractivity (Wildman–Crippen MR) is 112 cm³/mol. The van der Waals surface area contributed by atoms with Crippen LogP contribution in [-0.2, 0) is 6.54 Å². The van der Waals surface area contributed by atoms with Crippen LogP contribution in [0.2, 0.25) is 5.02 Å². The van der Waals surface area contributed by atoms with Gasteiger partial charge in [0.25, 0.3) is 0 Å². The molecular formula is C21H20ClN3S. The Balaban J connectivity index is 1.67. The average molecular weight is 382 g/mol. The molecule has 0 fully saturated rings. The van der Waals surface area contributed by atoms with Crippen LogP contribution >= 0.6 is 23.8 Å². The predicted octanol–water partition coefficient (Wildman–Crippen LogP) is 5.25. The first kappa shape index (κ1) is 17.1. The van der Waals surface area contributed by atoms with Gasteiger partial charge in [-0.25, -0.2) is 0 Å². The van der Waals surface area contributed by atoms with Gasteiger partial charge in [-0.05, 0) is 66.7 Å². The van der Waals surface area contributed by atoms with Gasteiger partial charge in [-0.3, -0.25) is 0 Å². The average Bonchev–Trinajstić information content (AvgIpc) is 3.10. The van der Waals surface area contributed by atoms with E-state index in [1.165, 1.54) is 16.8 Å². The molecule has 1 aromatic heterocycles. The molecule has 1 aliphatic heterocycles. The van der Waals surface area contributed by atoms with E-state index in [1.807, 2.05) is 24.3 Å². The number of halogens is 1. The fourth-order valence-corrected chi connectivity index (χ4v) is 3.96. The van der Waals surface area contributed by atoms with Crippen LogP contribution in [0.25, 0.3) is 0 Å². The maximum absolute atomic E-state index is 6.09. The van der Waals surface area contributed by atoms with Crippen LogP contribution in [0.4, 0.5) is 5.69 Å². The summed E-state index contributed by atoms with van der Waals surface area (Å²) in [6.45, 7) is 3.85. The third kappa shape index (κ3) is 3.35. The van der Waals surface area contributed by atoms with Gasteiger partial charge < -0.3 is 14.8 Å². The van der Waals surface area contributed by atoms with Crippen molar-refractivity contribution in [1.29, 1.82) is 0 Å². The zero-order chi connectivity index (χ0) is 18.1. The van der Waals surface area contributed by atoms with E-state index in [-0.39, 0.29) is 6.04 Å². The van der Waals surface area contributed by atoms with Gasteiger partial charge in [0, 0.05) is 35.7 Å². The number of anilines is 1. The Labute approximate surface area is 164 Å². The van der Waals surface area contributed by atoms with Crippen molar-refractivity contribution in [3.05, 3.63) is 88.7 Å². The Morgan fingerprint density at radius 2 is 1.88 bits per heavy atom. The van der Waals surface area contributed by atoms with Gasteiger partial charge in [-0.2, -0.15) is 0 Å². The number of nitrogens with one attached hydrogen (secondary N) is 1. The van der Waals surface area contributed by atoms with Crippen molar-refractivity contribution in [1.82, 2.24) is 9.47 Å². The van der Waals surface area contributed by atoms with Crippen molar-refractivity contribution in [3.63, 3.8) is 0 Å². The number of fused-ring (bicyclic) bond motifs is 1. The molecule has 1 N–H and O–H groups in total. The fraction of sp³-hybridized carbons (Fsp3) is 0.190. The zero-order valence-corrected chi connectivity index (χ0v) is 16.1. The van der Waals surface area contributed by atoms with Crippen molar-refractivity contribution in [2.45, 2.75) is 19.5 Å². The second kappa shape index (κ2) is 7.14. The molecule has 0 saturated carbocycles. The second-order valence-corrected chi connectivity index (χ2v) is 7.40. The maximum Gasteiger partial charge on any atom is 0.174 e. The molecule has 2 aromatic carbocycles. The Morgan fingerprint density at radius 3 is 2.65 bits per heavy atom. The molecule has 3 aromatic rings. The number of nitrogens with zero attached hydrogens (tertiary/aromatic N) is 2. The Kier molecular flexibility index (Phi) is 4.70. The summed E-state index contributed by atoms with van der Waals surface area (Å²) in [5.41, 5.74) is 4.65. The van der Waals surface area contributed by atoms with Gasteiger partial charge in [-0.15, -0.1) is 0 Å². The minimum Gasteiger partial charge on any atom is -0.348 e. The molecule has 5 heteroatoms. The van der Waals surface area contributed by atoms with E-state index < -0.39 is 0 Å². The minimum absolute atomic E-state index is 0.0702. The summed E-state index contributed by atoms with van der Waals surface area (Å²) in [6, 6.07) is 20.6. The molecule has 0 bridgehead atoms. The highest BCUT2D eigenvalue weighted by Gasteiger charge is 2.30. The molecule has 1 aliphatic rings. The highest BCUT2D eigenvalue weighted by Crippen LogP contribution is 2.33. The van der Waals surface area contributed by atoms with E-state index in [0.29, 0.717) is 0 Å². The van der Waals surface area contributed by atoms with Crippen molar-refractivity contribution < 1.29 is 0 Å². The number of rotatable bonds is 2. The van der Waals surface area contributed by atoms with Gasteiger partial charge in [0.1, 0.15) is 0 Å². The van der Waals surface area contributed by atoms with Gasteiger partial charge in [0.15, 0.2) is 5.11 Å². The van der Waals surface area contributed by atoms with Crippen LogP contribution < -0.4 is 5.32 Å². The summed E-state index contributed by atoms with van der Waals surface area (Å²) in [4.78, 5) is 2.26. The van der Waals surface area contributed by atoms with Gasteiger partial charge in [-0.1, -0.05) is 35.9 Å². The maximum atomic E-state index is 6.09. The summed E-state index contributed by atoms with van der Waals surface area (Å²) in [5, 5.41) is 4.89. The Morgan fingerprint density at radius 1 is 1.08 bits per heavy atom. The van der Waals surface area contributed by atoms with E-state index in [2.05, 4.69) is 64.3 Å². The molecule has 0 spiro atoms. The lowest BCUT2D eigenvalue weighted by Crippen LogP contribution is -2.44. The van der Waals surface area contributed by atoms with Crippen molar-refractivity contribution in [3.8, 4) is 0 Å². The van der Waals surface area contributed by atoms with Crippen molar-refractivity contribution in [2.75, 3.05) is 11.9 Å². The fourth-order valence-electron chi connectivity index (χ4n) is 3.52. The molecule has 1 atom stereocenters. The lowest BCUT2D eigenvalue weighted by atomic mass is 10.0. The zero-order valence-electron chi connectivity index (χ0n) is 14.5. The summed E-state index contributed by atoms with van der Waals surface area (Å²) >= 11 is 11.9. The van der Waals surface area contributed by atoms with Gasteiger partial charge >= 0.3 is 0 Å². The Hall–Kier alpha value is -2.30. The molecule has 26 heavy (non-hydrogen) atoms. The molecule has 4 rings (SSSR count). The van der Waals surface area contributed by atoms with Gasteiger partial charge in [0.05, 0.1) is 6.04 Å². The molecule has 0 radical (unpaired) electrons. The first-order chi connectivity index (χ1) is 12.6. The van der Waals surface area contributed by atoms with Crippen LogP contribution in [0.15, 0.2) is 66.9 Å². The van der Waals surface area contributed by atoms with E-state index in [9.17, 15) is 0 Å². The van der Waals surface area contributed by atoms with E-state index >= 15 is 0 Å². The van der Waals surface area contributed by atoms with E-state index in [1.54, 1.807) is 0 Å². The quantitative estimate of drug-likeness (QED) is 0.612. The van der Waals surface area contributed by atoms with Crippen LogP contribution in [0.5, 0.6) is 0 Å².